The Labute approximate surface area is 120 Å². The predicted molar refractivity (Wildman–Crippen MR) is 73.8 cm³/mol. The highest BCUT2D eigenvalue weighted by molar-refractivity contribution is 5.22. The molecule has 110 valence electrons. The van der Waals surface area contributed by atoms with Crippen LogP contribution in [0.2, 0.25) is 0 Å². The summed E-state index contributed by atoms with van der Waals surface area (Å²) in [6, 6.07) is 7.46. The molecule has 0 spiro atoms. The number of hydrogen-bond donors (Lipinski definition) is 0. The first-order valence-corrected chi connectivity index (χ1v) is 6.78. The second kappa shape index (κ2) is 6.05. The number of aromatic nitrogens is 2. The van der Waals surface area contributed by atoms with Crippen molar-refractivity contribution in [3.8, 4) is 5.75 Å². The lowest BCUT2D eigenvalue weighted by atomic mass is 10.1. The van der Waals surface area contributed by atoms with Crippen molar-refractivity contribution in [2.75, 3.05) is 13.2 Å². The second-order valence-electron chi connectivity index (χ2n) is 4.79. The zero-order chi connectivity index (χ0) is 14.7. The van der Waals surface area contributed by atoms with Crippen molar-refractivity contribution in [1.29, 1.82) is 0 Å². The maximum absolute atomic E-state index is 13.0. The van der Waals surface area contributed by atoms with Gasteiger partial charge in [0.1, 0.15) is 18.2 Å². The zero-order valence-corrected chi connectivity index (χ0v) is 11.4. The van der Waals surface area contributed by atoms with Gasteiger partial charge in [-0.25, -0.2) is 9.07 Å². The Morgan fingerprint density at radius 2 is 2.29 bits per heavy atom. The monoisotopic (exact) mass is 290 g/mol. The van der Waals surface area contributed by atoms with Crippen molar-refractivity contribution in [3.05, 3.63) is 57.8 Å². The molecule has 2 aromatic rings. The molecule has 3 rings (SSSR count). The summed E-state index contributed by atoms with van der Waals surface area (Å²) < 4.78 is 25.1. The molecular weight excluding hydrogens is 275 g/mol. The van der Waals surface area contributed by atoms with Gasteiger partial charge in [-0.05, 0) is 12.1 Å². The minimum absolute atomic E-state index is 0.179. The number of halogens is 1. The van der Waals surface area contributed by atoms with E-state index in [0.717, 1.165) is 11.3 Å². The van der Waals surface area contributed by atoms with Crippen molar-refractivity contribution >= 4 is 0 Å². The topological polar surface area (TPSA) is 53.4 Å². The molecule has 0 N–H and O–H groups in total. The molecule has 0 radical (unpaired) electrons. The van der Waals surface area contributed by atoms with E-state index in [1.165, 1.54) is 16.8 Å². The average molecular weight is 290 g/mol. The van der Waals surface area contributed by atoms with E-state index in [2.05, 4.69) is 5.10 Å². The molecule has 1 aromatic carbocycles. The molecule has 2 heterocycles. The number of fused-ring (bicyclic) bond motifs is 1. The molecule has 0 aliphatic carbocycles. The summed E-state index contributed by atoms with van der Waals surface area (Å²) in [6.07, 6.45) is 0.709. The highest BCUT2D eigenvalue weighted by atomic mass is 19.1. The van der Waals surface area contributed by atoms with E-state index < -0.39 is 0 Å². The maximum Gasteiger partial charge on any atom is 0.267 e. The zero-order valence-electron chi connectivity index (χ0n) is 11.4. The molecule has 1 aliphatic rings. The molecule has 0 saturated heterocycles. The van der Waals surface area contributed by atoms with Crippen molar-refractivity contribution in [1.82, 2.24) is 9.78 Å². The van der Waals surface area contributed by atoms with Crippen LogP contribution in [0.1, 0.15) is 11.3 Å². The largest absolute Gasteiger partial charge is 0.492 e. The van der Waals surface area contributed by atoms with Gasteiger partial charge in [-0.1, -0.05) is 6.07 Å². The fourth-order valence-corrected chi connectivity index (χ4v) is 2.22. The van der Waals surface area contributed by atoms with Gasteiger partial charge in [0.25, 0.3) is 5.56 Å². The maximum atomic E-state index is 13.0. The van der Waals surface area contributed by atoms with Gasteiger partial charge in [0.05, 0.1) is 25.5 Å². The predicted octanol–water partition coefficient (Wildman–Crippen LogP) is 1.53. The van der Waals surface area contributed by atoms with Crippen LogP contribution in [0.15, 0.2) is 35.1 Å². The van der Waals surface area contributed by atoms with Crippen LogP contribution in [-0.2, 0) is 24.3 Å². The van der Waals surface area contributed by atoms with Gasteiger partial charge >= 0.3 is 0 Å². The molecule has 0 amide bonds. The van der Waals surface area contributed by atoms with Crippen LogP contribution in [-0.4, -0.2) is 23.0 Å². The minimum Gasteiger partial charge on any atom is -0.492 e. The Balaban J connectivity index is 1.66. The number of ether oxygens (including phenoxy) is 2. The Hall–Kier alpha value is -2.21. The normalized spacial score (nSPS) is 13.8. The van der Waals surface area contributed by atoms with Crippen molar-refractivity contribution in [2.24, 2.45) is 0 Å². The fraction of sp³-hybridized carbons (Fsp3) is 0.333. The molecule has 0 saturated carbocycles. The summed E-state index contributed by atoms with van der Waals surface area (Å²) in [5.41, 5.74) is 1.57. The van der Waals surface area contributed by atoms with Crippen LogP contribution < -0.4 is 10.3 Å². The van der Waals surface area contributed by atoms with E-state index in [9.17, 15) is 9.18 Å². The van der Waals surface area contributed by atoms with E-state index in [1.807, 2.05) is 0 Å². The first kappa shape index (κ1) is 13.8. The van der Waals surface area contributed by atoms with Crippen LogP contribution in [0.3, 0.4) is 0 Å². The average Bonchev–Trinajstić information content (AvgIpc) is 2.48. The van der Waals surface area contributed by atoms with Crippen LogP contribution in [0.25, 0.3) is 0 Å². The van der Waals surface area contributed by atoms with Crippen molar-refractivity contribution in [2.45, 2.75) is 19.6 Å². The lowest BCUT2D eigenvalue weighted by Crippen LogP contribution is -2.29. The van der Waals surface area contributed by atoms with E-state index in [0.29, 0.717) is 31.9 Å². The Morgan fingerprint density at radius 3 is 3.14 bits per heavy atom. The second-order valence-corrected chi connectivity index (χ2v) is 4.79. The molecule has 0 bridgehead atoms. The summed E-state index contributed by atoms with van der Waals surface area (Å²) >= 11 is 0. The minimum atomic E-state index is -0.350. The summed E-state index contributed by atoms with van der Waals surface area (Å²) in [5, 5.41) is 4.33. The van der Waals surface area contributed by atoms with Crippen LogP contribution in [0.5, 0.6) is 5.75 Å². The summed E-state index contributed by atoms with van der Waals surface area (Å²) in [5.74, 6) is 0.0889. The number of benzene rings is 1. The number of nitrogens with zero attached hydrogens (tertiary/aromatic N) is 2. The number of hydrogen-bond acceptors (Lipinski definition) is 4. The first-order valence-electron chi connectivity index (χ1n) is 6.78. The van der Waals surface area contributed by atoms with E-state index in [-0.39, 0.29) is 18.0 Å². The van der Waals surface area contributed by atoms with Gasteiger partial charge in [-0.3, -0.25) is 4.79 Å². The molecule has 0 unspecified atom stereocenters. The van der Waals surface area contributed by atoms with E-state index in [1.54, 1.807) is 18.2 Å². The van der Waals surface area contributed by atoms with Gasteiger partial charge < -0.3 is 9.47 Å². The highest BCUT2D eigenvalue weighted by Gasteiger charge is 2.13. The third-order valence-corrected chi connectivity index (χ3v) is 3.27. The Morgan fingerprint density at radius 1 is 1.38 bits per heavy atom. The summed E-state index contributed by atoms with van der Waals surface area (Å²) in [4.78, 5) is 11.9. The fourth-order valence-electron chi connectivity index (χ4n) is 2.22. The van der Waals surface area contributed by atoms with Crippen LogP contribution in [0.4, 0.5) is 4.39 Å². The molecule has 1 aliphatic heterocycles. The Kier molecular flexibility index (Phi) is 3.96. The molecule has 5 nitrogen and oxygen atoms in total. The van der Waals surface area contributed by atoms with Gasteiger partial charge in [0.2, 0.25) is 0 Å². The van der Waals surface area contributed by atoms with Crippen molar-refractivity contribution in [3.63, 3.8) is 0 Å². The third-order valence-electron chi connectivity index (χ3n) is 3.27. The summed E-state index contributed by atoms with van der Waals surface area (Å²) in [6.45, 7) is 1.64. The first-order chi connectivity index (χ1) is 10.2. The van der Waals surface area contributed by atoms with E-state index in [4.69, 9.17) is 9.47 Å². The van der Waals surface area contributed by atoms with Crippen LogP contribution >= 0.6 is 0 Å². The van der Waals surface area contributed by atoms with Gasteiger partial charge in [-0.15, -0.1) is 0 Å². The van der Waals surface area contributed by atoms with Gasteiger partial charge in [0, 0.05) is 24.1 Å². The molecular formula is C15H15FN2O3. The Bertz CT molecular complexity index is 700. The quantitative estimate of drug-likeness (QED) is 0.857. The standard InChI is InChI=1S/C15H15FN2O3/c16-12-2-1-3-13(9-12)21-7-5-18-15(19)8-11-10-20-6-4-14(11)17-18/h1-3,8-9H,4-7,10H2. The molecule has 21 heavy (non-hydrogen) atoms. The molecule has 0 fully saturated rings. The van der Waals surface area contributed by atoms with Gasteiger partial charge in [0.15, 0.2) is 0 Å². The molecule has 1 aromatic heterocycles. The SMILES string of the molecule is O=c1cc2c(nn1CCOc1cccc(F)c1)CCOC2. The third kappa shape index (κ3) is 3.28. The van der Waals surface area contributed by atoms with Crippen LogP contribution in [0, 0.1) is 5.82 Å². The molecule has 0 atom stereocenters. The summed E-state index contributed by atoms with van der Waals surface area (Å²) in [7, 11) is 0. The number of rotatable bonds is 4. The van der Waals surface area contributed by atoms with Crippen molar-refractivity contribution < 1.29 is 13.9 Å². The lowest BCUT2D eigenvalue weighted by Gasteiger charge is -2.16. The highest BCUT2D eigenvalue weighted by Crippen LogP contribution is 2.13. The lowest BCUT2D eigenvalue weighted by molar-refractivity contribution is 0.107. The van der Waals surface area contributed by atoms with Gasteiger partial charge in [-0.2, -0.15) is 5.10 Å². The molecule has 6 heteroatoms. The van der Waals surface area contributed by atoms with E-state index >= 15 is 0 Å². The smallest absolute Gasteiger partial charge is 0.267 e.